The van der Waals surface area contributed by atoms with Crippen molar-refractivity contribution < 1.29 is 19.7 Å². The molecule has 1 unspecified atom stereocenters. The molecule has 4 heteroatoms. The van der Waals surface area contributed by atoms with Crippen LogP contribution < -0.4 is 0 Å². The van der Waals surface area contributed by atoms with Crippen molar-refractivity contribution >= 4 is 6.16 Å². The van der Waals surface area contributed by atoms with Crippen LogP contribution in [0.15, 0.2) is 0 Å². The van der Waals surface area contributed by atoms with E-state index in [4.69, 9.17) is 15.0 Å². The first kappa shape index (κ1) is 12.0. The van der Waals surface area contributed by atoms with Gasteiger partial charge in [0.25, 0.3) is 0 Å². The number of rotatable bonds is 1. The highest BCUT2D eigenvalue weighted by atomic mass is 16.6. The Morgan fingerprint density at radius 2 is 1.90 bits per heavy atom. The number of hydrogen-bond donors (Lipinski definition) is 2. The molecule has 0 amide bonds. The molecule has 0 aromatic rings. The van der Waals surface area contributed by atoms with Crippen LogP contribution in [0.5, 0.6) is 0 Å². The van der Waals surface area contributed by atoms with Crippen LogP contribution in [0.2, 0.25) is 0 Å². The summed E-state index contributed by atoms with van der Waals surface area (Å²) >= 11 is 0. The third-order valence-electron chi connectivity index (χ3n) is 0.765. The first-order valence-electron chi connectivity index (χ1n) is 2.99. The average Bonchev–Trinajstić information content (AvgIpc) is 1.89. The maximum Gasteiger partial charge on any atom is 0.505 e. The van der Waals surface area contributed by atoms with Crippen molar-refractivity contribution in [1.82, 2.24) is 0 Å². The average molecular weight is 150 g/mol. The van der Waals surface area contributed by atoms with Crippen molar-refractivity contribution in [3.63, 3.8) is 0 Å². The molecule has 62 valence electrons. The molecule has 0 rings (SSSR count). The number of carbonyl (C=O) groups is 1. The number of hydrogen-bond acceptors (Lipinski definition) is 3. The lowest BCUT2D eigenvalue weighted by atomic mass is 10.3. The highest BCUT2D eigenvalue weighted by Gasteiger charge is 1.81. The van der Waals surface area contributed by atoms with Crippen LogP contribution in [0.25, 0.3) is 0 Å². The van der Waals surface area contributed by atoms with Gasteiger partial charge in [-0.05, 0) is 13.3 Å². The molecule has 0 radical (unpaired) electrons. The first-order chi connectivity index (χ1) is 4.54. The number of methoxy groups -OCH3 is 1. The van der Waals surface area contributed by atoms with Gasteiger partial charge in [-0.25, -0.2) is 4.79 Å². The van der Waals surface area contributed by atoms with Gasteiger partial charge in [0.1, 0.15) is 0 Å². The van der Waals surface area contributed by atoms with Gasteiger partial charge in [0.2, 0.25) is 0 Å². The molecule has 0 aromatic heterocycles. The van der Waals surface area contributed by atoms with E-state index in [1.165, 1.54) is 0 Å². The lowest BCUT2D eigenvalue weighted by Crippen LogP contribution is -1.93. The Morgan fingerprint density at radius 3 is 1.90 bits per heavy atom. The smallest absolute Gasteiger partial charge is 0.450 e. The number of aliphatic hydroxyl groups excluding tert-OH is 1. The third-order valence-corrected chi connectivity index (χ3v) is 0.765. The quantitative estimate of drug-likeness (QED) is 0.549. The maximum absolute atomic E-state index is 9.15. The van der Waals surface area contributed by atoms with E-state index in [2.05, 4.69) is 4.74 Å². The van der Waals surface area contributed by atoms with E-state index in [0.717, 1.165) is 13.5 Å². The molecule has 0 saturated heterocycles. The van der Waals surface area contributed by atoms with Crippen molar-refractivity contribution in [3.05, 3.63) is 0 Å². The summed E-state index contributed by atoms with van der Waals surface area (Å²) < 4.78 is 3.67. The van der Waals surface area contributed by atoms with E-state index in [0.29, 0.717) is 0 Å². The second kappa shape index (κ2) is 8.23. The largest absolute Gasteiger partial charge is 0.505 e. The fourth-order valence-electron chi connectivity index (χ4n) is 0. The SMILES string of the molecule is CCC(C)O.COC(=O)O. The Bertz CT molecular complexity index is 79.8. The monoisotopic (exact) mass is 150 g/mol. The zero-order chi connectivity index (χ0) is 8.57. The summed E-state index contributed by atoms with van der Waals surface area (Å²) in [6, 6.07) is 0. The number of ether oxygens (including phenoxy) is 1. The van der Waals surface area contributed by atoms with Gasteiger partial charge >= 0.3 is 6.16 Å². The summed E-state index contributed by atoms with van der Waals surface area (Å²) in [5.41, 5.74) is 0. The third kappa shape index (κ3) is 26.9. The molecule has 0 aliphatic carbocycles. The van der Waals surface area contributed by atoms with Crippen molar-refractivity contribution in [2.45, 2.75) is 26.4 Å². The van der Waals surface area contributed by atoms with Crippen molar-refractivity contribution in [2.75, 3.05) is 7.11 Å². The maximum atomic E-state index is 9.15. The summed E-state index contributed by atoms with van der Waals surface area (Å²) in [6.07, 6.45) is -0.500. The molecule has 1 atom stereocenters. The molecule has 2 N–H and O–H groups in total. The van der Waals surface area contributed by atoms with Gasteiger partial charge in [-0.15, -0.1) is 0 Å². The fraction of sp³-hybridized carbons (Fsp3) is 0.833. The molecule has 0 fully saturated rings. The zero-order valence-corrected chi connectivity index (χ0v) is 6.50. The predicted molar refractivity (Wildman–Crippen MR) is 37.0 cm³/mol. The molecular weight excluding hydrogens is 136 g/mol. The summed E-state index contributed by atoms with van der Waals surface area (Å²) in [4.78, 5) is 9.15. The Hall–Kier alpha value is -0.770. The van der Waals surface area contributed by atoms with Crippen molar-refractivity contribution in [1.29, 1.82) is 0 Å². The fourth-order valence-corrected chi connectivity index (χ4v) is 0. The van der Waals surface area contributed by atoms with Gasteiger partial charge in [-0.2, -0.15) is 0 Å². The molecule has 4 nitrogen and oxygen atoms in total. The summed E-state index contributed by atoms with van der Waals surface area (Å²) in [7, 11) is 1.10. The van der Waals surface area contributed by atoms with Gasteiger partial charge in [-0.3, -0.25) is 0 Å². The van der Waals surface area contributed by atoms with Crippen LogP contribution in [0.4, 0.5) is 4.79 Å². The molecule has 0 bridgehead atoms. The minimum absolute atomic E-state index is 0.116. The summed E-state index contributed by atoms with van der Waals surface area (Å²) in [6.45, 7) is 3.73. The lowest BCUT2D eigenvalue weighted by molar-refractivity contribution is 0.114. The van der Waals surface area contributed by atoms with Crippen molar-refractivity contribution in [2.24, 2.45) is 0 Å². The van der Waals surface area contributed by atoms with Crippen LogP contribution in [0.1, 0.15) is 20.3 Å². The molecule has 0 aliphatic rings. The van der Waals surface area contributed by atoms with Gasteiger partial charge in [-0.1, -0.05) is 6.92 Å². The van der Waals surface area contributed by atoms with Crippen molar-refractivity contribution in [3.8, 4) is 0 Å². The second-order valence-electron chi connectivity index (χ2n) is 1.73. The Morgan fingerprint density at radius 1 is 1.70 bits per heavy atom. The van der Waals surface area contributed by atoms with Crippen LogP contribution in [-0.2, 0) is 4.74 Å². The van der Waals surface area contributed by atoms with Gasteiger partial charge in [0, 0.05) is 0 Å². The zero-order valence-electron chi connectivity index (χ0n) is 6.50. The summed E-state index contributed by atoms with van der Waals surface area (Å²) in [5.74, 6) is 0. The van der Waals surface area contributed by atoms with E-state index >= 15 is 0 Å². The molecule has 0 aliphatic heterocycles. The Kier molecular flexibility index (Phi) is 9.84. The van der Waals surface area contributed by atoms with E-state index in [9.17, 15) is 0 Å². The standard InChI is InChI=1S/C4H10O.C2H4O3/c1-3-4(2)5;1-5-2(3)4/h4-5H,3H2,1-2H3;1H3,(H,3,4). The highest BCUT2D eigenvalue weighted by Crippen LogP contribution is 1.81. The van der Waals surface area contributed by atoms with Crippen LogP contribution in [0.3, 0.4) is 0 Å². The van der Waals surface area contributed by atoms with Crippen LogP contribution in [-0.4, -0.2) is 29.6 Å². The Labute approximate surface area is 60.4 Å². The normalized spacial score (nSPS) is 10.8. The second-order valence-corrected chi connectivity index (χ2v) is 1.73. The molecule has 10 heavy (non-hydrogen) atoms. The molecule has 0 saturated carbocycles. The predicted octanol–water partition coefficient (Wildman–Crippen LogP) is 1.09. The number of carboxylic acid groups (broad SMARTS) is 1. The van der Waals surface area contributed by atoms with Crippen LogP contribution in [0, 0.1) is 0 Å². The van der Waals surface area contributed by atoms with Gasteiger partial charge in [0.05, 0.1) is 13.2 Å². The van der Waals surface area contributed by atoms with Gasteiger partial charge < -0.3 is 14.9 Å². The molecule has 0 spiro atoms. The molecule has 0 heterocycles. The van der Waals surface area contributed by atoms with E-state index in [1.807, 2.05) is 6.92 Å². The highest BCUT2D eigenvalue weighted by molar-refractivity contribution is 5.56. The lowest BCUT2D eigenvalue weighted by Gasteiger charge is -1.90. The molecule has 0 aromatic carbocycles. The minimum Gasteiger partial charge on any atom is -0.450 e. The Balaban J connectivity index is 0. The first-order valence-corrected chi connectivity index (χ1v) is 2.99. The number of aliphatic hydroxyl groups is 1. The van der Waals surface area contributed by atoms with E-state index < -0.39 is 6.16 Å². The minimum atomic E-state index is -1.25. The topological polar surface area (TPSA) is 66.8 Å². The van der Waals surface area contributed by atoms with E-state index in [-0.39, 0.29) is 6.10 Å². The molecular formula is C6H14O4. The summed E-state index contributed by atoms with van der Waals surface area (Å²) in [5, 5.41) is 15.9. The van der Waals surface area contributed by atoms with E-state index in [1.54, 1.807) is 6.92 Å². The van der Waals surface area contributed by atoms with Gasteiger partial charge in [0.15, 0.2) is 0 Å². The van der Waals surface area contributed by atoms with Crippen LogP contribution >= 0.6 is 0 Å².